The van der Waals surface area contributed by atoms with E-state index < -0.39 is 4.92 Å². The van der Waals surface area contributed by atoms with Crippen LogP contribution in [0.25, 0.3) is 0 Å². The van der Waals surface area contributed by atoms with Crippen LogP contribution >= 0.6 is 0 Å². The van der Waals surface area contributed by atoms with E-state index in [4.69, 9.17) is 9.15 Å². The number of nitro groups is 1. The van der Waals surface area contributed by atoms with Crippen LogP contribution in [0.1, 0.15) is 48.9 Å². The van der Waals surface area contributed by atoms with Gasteiger partial charge in [-0.25, -0.2) is 0 Å². The van der Waals surface area contributed by atoms with Gasteiger partial charge in [0.15, 0.2) is 11.5 Å². The molecule has 2 aliphatic rings. The Labute approximate surface area is 163 Å². The number of hydrogen-bond acceptors (Lipinski definition) is 5. The number of nitrogens with one attached hydrogen (secondary N) is 1. The minimum atomic E-state index is -0.493. The summed E-state index contributed by atoms with van der Waals surface area (Å²) in [5, 5.41) is 14.1. The fourth-order valence-corrected chi connectivity index (χ4v) is 4.75. The summed E-state index contributed by atoms with van der Waals surface area (Å²) in [5.41, 5.74) is -0.105. The molecule has 0 saturated heterocycles. The Hall–Kier alpha value is -2.83. The van der Waals surface area contributed by atoms with Crippen LogP contribution in [0, 0.1) is 27.9 Å². The Morgan fingerprint density at radius 3 is 2.82 bits per heavy atom. The van der Waals surface area contributed by atoms with Crippen LogP contribution in [0.3, 0.4) is 0 Å². The third-order valence-corrected chi connectivity index (χ3v) is 6.11. The van der Waals surface area contributed by atoms with Crippen molar-refractivity contribution < 1.29 is 18.9 Å². The van der Waals surface area contributed by atoms with E-state index in [1.165, 1.54) is 37.8 Å². The molecule has 1 heterocycles. The lowest BCUT2D eigenvalue weighted by molar-refractivity contribution is -0.386. The minimum Gasteiger partial charge on any atom is -0.479 e. The van der Waals surface area contributed by atoms with E-state index in [1.807, 2.05) is 0 Å². The zero-order valence-electron chi connectivity index (χ0n) is 15.8. The number of ether oxygens (including phenoxy) is 1. The van der Waals surface area contributed by atoms with Gasteiger partial charge >= 0.3 is 5.69 Å². The van der Waals surface area contributed by atoms with Crippen molar-refractivity contribution in [2.24, 2.45) is 17.8 Å². The van der Waals surface area contributed by atoms with E-state index in [2.05, 4.69) is 12.2 Å². The summed E-state index contributed by atoms with van der Waals surface area (Å²) in [7, 11) is 0. The standard InChI is InChI=1S/C21H24N2O5/c1-13(17-11-14-6-7-15(17)10-14)22-21(24)20-9-8-16(28-20)12-27-19-5-3-2-4-18(19)23(25)26/h2-5,8-9,13-15,17H,6-7,10-12H2,1H3,(H,22,24)/t13-,14-,15-,17+/m0/s1. The maximum atomic E-state index is 12.5. The van der Waals surface area contributed by atoms with Crippen LogP contribution in [0.2, 0.25) is 0 Å². The molecular weight excluding hydrogens is 360 g/mol. The molecule has 0 unspecified atom stereocenters. The van der Waals surface area contributed by atoms with Gasteiger partial charge in [0, 0.05) is 12.1 Å². The van der Waals surface area contributed by atoms with Crippen LogP contribution < -0.4 is 10.1 Å². The SMILES string of the molecule is C[C@H](NC(=O)c1ccc(COc2ccccc2[N+](=O)[O-])o1)[C@H]1C[C@H]2CC[C@H]1C2. The molecule has 0 radical (unpaired) electrons. The number of carbonyl (C=O) groups excluding carboxylic acids is 1. The second kappa shape index (κ2) is 7.66. The molecule has 2 aliphatic carbocycles. The lowest BCUT2D eigenvalue weighted by atomic mass is 9.84. The smallest absolute Gasteiger partial charge is 0.310 e. The molecule has 0 spiro atoms. The molecule has 2 saturated carbocycles. The highest BCUT2D eigenvalue weighted by Gasteiger charge is 2.42. The molecule has 1 aromatic heterocycles. The zero-order chi connectivity index (χ0) is 19.7. The van der Waals surface area contributed by atoms with E-state index in [-0.39, 0.29) is 35.8 Å². The molecule has 148 valence electrons. The molecule has 7 heteroatoms. The largest absolute Gasteiger partial charge is 0.479 e. The third-order valence-electron chi connectivity index (χ3n) is 6.11. The first kappa shape index (κ1) is 18.5. The second-order valence-corrected chi connectivity index (χ2v) is 7.88. The van der Waals surface area contributed by atoms with E-state index in [1.54, 1.807) is 24.3 Å². The predicted octanol–water partition coefficient (Wildman–Crippen LogP) is 4.32. The van der Waals surface area contributed by atoms with Crippen molar-refractivity contribution >= 4 is 11.6 Å². The van der Waals surface area contributed by atoms with Crippen LogP contribution in [0.5, 0.6) is 5.75 Å². The molecular formula is C21H24N2O5. The number of hydrogen-bond donors (Lipinski definition) is 1. The molecule has 2 aromatic rings. The molecule has 2 bridgehead atoms. The number of furan rings is 1. The first-order valence-corrected chi connectivity index (χ1v) is 9.77. The van der Waals surface area contributed by atoms with Gasteiger partial charge < -0.3 is 14.5 Å². The topological polar surface area (TPSA) is 94.6 Å². The number of rotatable bonds is 7. The Kier molecular flexibility index (Phi) is 5.07. The molecule has 7 nitrogen and oxygen atoms in total. The summed E-state index contributed by atoms with van der Waals surface area (Å²) in [5.74, 6) is 2.74. The maximum Gasteiger partial charge on any atom is 0.310 e. The highest BCUT2D eigenvalue weighted by Crippen LogP contribution is 2.49. The molecule has 2 fully saturated rings. The first-order chi connectivity index (χ1) is 13.5. The summed E-state index contributed by atoms with van der Waals surface area (Å²) < 4.78 is 11.1. The van der Waals surface area contributed by atoms with E-state index in [9.17, 15) is 14.9 Å². The van der Waals surface area contributed by atoms with Crippen LogP contribution in [-0.4, -0.2) is 16.9 Å². The lowest BCUT2D eigenvalue weighted by Crippen LogP contribution is -2.40. The minimum absolute atomic E-state index is 0.0140. The highest BCUT2D eigenvalue weighted by atomic mass is 16.6. The van der Waals surface area contributed by atoms with Crippen LogP contribution in [0.15, 0.2) is 40.8 Å². The number of nitrogens with zero attached hydrogens (tertiary/aromatic N) is 1. The van der Waals surface area contributed by atoms with Gasteiger partial charge in [0.2, 0.25) is 0 Å². The number of fused-ring (bicyclic) bond motifs is 2. The number of nitro benzene ring substituents is 1. The van der Waals surface area contributed by atoms with Crippen molar-refractivity contribution in [3.8, 4) is 5.75 Å². The quantitative estimate of drug-likeness (QED) is 0.567. The van der Waals surface area contributed by atoms with E-state index in [0.29, 0.717) is 11.7 Å². The Morgan fingerprint density at radius 1 is 1.29 bits per heavy atom. The normalized spacial score (nSPS) is 24.1. The van der Waals surface area contributed by atoms with Gasteiger partial charge in [0.25, 0.3) is 5.91 Å². The summed E-state index contributed by atoms with van der Waals surface area (Å²) in [4.78, 5) is 23.1. The maximum absolute atomic E-state index is 12.5. The van der Waals surface area contributed by atoms with Crippen LogP contribution in [-0.2, 0) is 6.61 Å². The third kappa shape index (κ3) is 3.74. The average molecular weight is 384 g/mol. The summed E-state index contributed by atoms with van der Waals surface area (Å²) in [6, 6.07) is 9.56. The van der Waals surface area contributed by atoms with E-state index in [0.717, 1.165) is 11.8 Å². The van der Waals surface area contributed by atoms with Crippen molar-refractivity contribution in [3.05, 3.63) is 58.0 Å². The molecule has 4 atom stereocenters. The van der Waals surface area contributed by atoms with Gasteiger partial charge in [0.1, 0.15) is 12.4 Å². The van der Waals surface area contributed by atoms with Gasteiger partial charge in [-0.15, -0.1) is 0 Å². The Balaban J connectivity index is 1.34. The fourth-order valence-electron chi connectivity index (χ4n) is 4.75. The summed E-state index contributed by atoms with van der Waals surface area (Å²) in [6.07, 6.45) is 5.13. The van der Waals surface area contributed by atoms with Gasteiger partial charge in [-0.1, -0.05) is 18.6 Å². The highest BCUT2D eigenvalue weighted by molar-refractivity contribution is 5.91. The number of amides is 1. The number of para-hydroxylation sites is 2. The van der Waals surface area contributed by atoms with Crippen molar-refractivity contribution in [1.29, 1.82) is 0 Å². The van der Waals surface area contributed by atoms with Gasteiger partial charge in [-0.2, -0.15) is 0 Å². The molecule has 28 heavy (non-hydrogen) atoms. The summed E-state index contributed by atoms with van der Waals surface area (Å²) in [6.45, 7) is 2.09. The predicted molar refractivity (Wildman–Crippen MR) is 102 cm³/mol. The van der Waals surface area contributed by atoms with Gasteiger partial charge in [0.05, 0.1) is 4.92 Å². The van der Waals surface area contributed by atoms with Crippen molar-refractivity contribution in [2.45, 2.75) is 45.3 Å². The number of carbonyl (C=O) groups is 1. The first-order valence-electron chi connectivity index (χ1n) is 9.77. The Bertz CT molecular complexity index is 877. The van der Waals surface area contributed by atoms with Crippen molar-refractivity contribution in [3.63, 3.8) is 0 Å². The van der Waals surface area contributed by atoms with Crippen LogP contribution in [0.4, 0.5) is 5.69 Å². The van der Waals surface area contributed by atoms with Crippen molar-refractivity contribution in [2.75, 3.05) is 0 Å². The zero-order valence-corrected chi connectivity index (χ0v) is 15.8. The molecule has 4 rings (SSSR count). The molecule has 1 N–H and O–H groups in total. The monoisotopic (exact) mass is 384 g/mol. The van der Waals surface area contributed by atoms with Gasteiger partial charge in [-0.3, -0.25) is 14.9 Å². The fraction of sp³-hybridized carbons (Fsp3) is 0.476. The number of benzene rings is 1. The Morgan fingerprint density at radius 2 is 2.11 bits per heavy atom. The molecule has 0 aliphatic heterocycles. The van der Waals surface area contributed by atoms with E-state index >= 15 is 0 Å². The molecule has 1 amide bonds. The average Bonchev–Trinajstić information content (AvgIpc) is 3.43. The lowest BCUT2D eigenvalue weighted by Gasteiger charge is -2.28. The second-order valence-electron chi connectivity index (χ2n) is 7.88. The summed E-state index contributed by atoms with van der Waals surface area (Å²) >= 11 is 0. The van der Waals surface area contributed by atoms with Gasteiger partial charge in [-0.05, 0) is 62.1 Å². The van der Waals surface area contributed by atoms with Crippen molar-refractivity contribution in [1.82, 2.24) is 5.32 Å². The molecule has 1 aromatic carbocycles.